The minimum atomic E-state index is 1.06. The van der Waals surface area contributed by atoms with Crippen molar-refractivity contribution in [3.63, 3.8) is 0 Å². The molecule has 0 radical (unpaired) electrons. The van der Waals surface area contributed by atoms with E-state index < -0.39 is 0 Å². The Kier molecular flexibility index (Phi) is 14.1. The second-order valence-electron chi connectivity index (χ2n) is 4.68. The van der Waals surface area contributed by atoms with E-state index in [0.717, 1.165) is 40.3 Å². The molecule has 27 heavy (non-hydrogen) atoms. The fourth-order valence-electron chi connectivity index (χ4n) is 1.47. The zero-order valence-corrected chi connectivity index (χ0v) is 27.4. The van der Waals surface area contributed by atoms with Gasteiger partial charge in [-0.15, -0.1) is 0 Å². The standard InChI is InChI=1S/3C6H3Br3/c7-4-1-5(8)3-6(9)2-4;7-4-1-2-5(8)6(9)3-4;7-4-2-1-3-5(8)6(4)9/h3*1-3H. The number of benzene rings is 3. The van der Waals surface area contributed by atoms with Gasteiger partial charge in [-0.05, 0) is 128 Å². The molecule has 0 saturated heterocycles. The van der Waals surface area contributed by atoms with Gasteiger partial charge >= 0.3 is 0 Å². The summed E-state index contributed by atoms with van der Waals surface area (Å²) in [4.78, 5) is 0. The van der Waals surface area contributed by atoms with Gasteiger partial charge in [0.05, 0.1) is 0 Å². The molecule has 144 valence electrons. The Hall–Kier alpha value is 1.98. The summed E-state index contributed by atoms with van der Waals surface area (Å²) in [5.74, 6) is 0. The third-order valence-corrected chi connectivity index (χ3v) is 9.60. The van der Waals surface area contributed by atoms with Crippen LogP contribution < -0.4 is 0 Å². The quantitative estimate of drug-likeness (QED) is 0.156. The van der Waals surface area contributed by atoms with Crippen LogP contribution in [0.2, 0.25) is 0 Å². The first-order valence-electron chi connectivity index (χ1n) is 6.91. The van der Waals surface area contributed by atoms with Crippen molar-refractivity contribution < 1.29 is 0 Å². The van der Waals surface area contributed by atoms with E-state index in [1.54, 1.807) is 0 Å². The zero-order valence-electron chi connectivity index (χ0n) is 13.1. The van der Waals surface area contributed by atoms with Gasteiger partial charge in [-0.1, -0.05) is 69.8 Å². The second-order valence-corrected chi connectivity index (χ2v) is 12.6. The minimum absolute atomic E-state index is 1.06. The molecule has 0 saturated carbocycles. The lowest BCUT2D eigenvalue weighted by atomic mass is 10.4. The van der Waals surface area contributed by atoms with Gasteiger partial charge in [0.15, 0.2) is 0 Å². The molecular formula is C18H9Br9. The van der Waals surface area contributed by atoms with Crippen LogP contribution in [0.25, 0.3) is 0 Å². The summed E-state index contributed by atoms with van der Waals surface area (Å²) in [5, 5.41) is 0. The van der Waals surface area contributed by atoms with Crippen molar-refractivity contribution >= 4 is 143 Å². The molecule has 3 aromatic rings. The van der Waals surface area contributed by atoms with Crippen molar-refractivity contribution in [2.75, 3.05) is 0 Å². The molecule has 0 spiro atoms. The molecule has 0 aliphatic rings. The summed E-state index contributed by atoms with van der Waals surface area (Å²) in [6.45, 7) is 0. The number of hydrogen-bond acceptors (Lipinski definition) is 0. The first kappa shape index (κ1) is 27.0. The average Bonchev–Trinajstić information content (AvgIpc) is 2.56. The Labute approximate surface area is 234 Å². The van der Waals surface area contributed by atoms with Crippen molar-refractivity contribution in [3.8, 4) is 0 Å². The van der Waals surface area contributed by atoms with E-state index in [0.29, 0.717) is 0 Å². The van der Waals surface area contributed by atoms with Gasteiger partial charge < -0.3 is 0 Å². The average molecular weight is 944 g/mol. The van der Waals surface area contributed by atoms with Crippen LogP contribution in [-0.4, -0.2) is 0 Å². The highest BCUT2D eigenvalue weighted by atomic mass is 79.9. The summed E-state index contributed by atoms with van der Waals surface area (Å²) in [7, 11) is 0. The third kappa shape index (κ3) is 11.2. The highest BCUT2D eigenvalue weighted by molar-refractivity contribution is 9.14. The normalized spacial score (nSPS) is 9.67. The van der Waals surface area contributed by atoms with E-state index in [-0.39, 0.29) is 0 Å². The first-order chi connectivity index (χ1) is 12.6. The lowest BCUT2D eigenvalue weighted by molar-refractivity contribution is 1.54. The van der Waals surface area contributed by atoms with Crippen LogP contribution in [0.4, 0.5) is 0 Å². The van der Waals surface area contributed by atoms with Crippen molar-refractivity contribution in [1.29, 1.82) is 0 Å². The van der Waals surface area contributed by atoms with Crippen molar-refractivity contribution in [3.05, 3.63) is 94.9 Å². The van der Waals surface area contributed by atoms with E-state index in [1.807, 2.05) is 54.6 Å². The fraction of sp³-hybridized carbons (Fsp3) is 0. The Balaban J connectivity index is 0.000000202. The molecule has 0 fully saturated rings. The van der Waals surface area contributed by atoms with Crippen molar-refractivity contribution in [2.24, 2.45) is 0 Å². The predicted octanol–water partition coefficient (Wildman–Crippen LogP) is 11.9. The van der Waals surface area contributed by atoms with Crippen molar-refractivity contribution in [2.45, 2.75) is 0 Å². The van der Waals surface area contributed by atoms with Crippen LogP contribution in [0.1, 0.15) is 0 Å². The molecule has 0 heterocycles. The largest absolute Gasteiger partial charge is 0.0599 e. The summed E-state index contributed by atoms with van der Waals surface area (Å²) in [5.41, 5.74) is 0. The van der Waals surface area contributed by atoms with E-state index >= 15 is 0 Å². The smallest absolute Gasteiger partial charge is 0.0459 e. The molecule has 0 amide bonds. The number of rotatable bonds is 0. The van der Waals surface area contributed by atoms with Gasteiger partial charge in [-0.25, -0.2) is 0 Å². The Morgan fingerprint density at radius 2 is 0.815 bits per heavy atom. The third-order valence-electron chi connectivity index (χ3n) is 2.61. The van der Waals surface area contributed by atoms with E-state index in [9.17, 15) is 0 Å². The van der Waals surface area contributed by atoms with Gasteiger partial charge in [0.2, 0.25) is 0 Å². The summed E-state index contributed by atoms with van der Waals surface area (Å²) < 4.78 is 9.63. The topological polar surface area (TPSA) is 0 Å². The van der Waals surface area contributed by atoms with Crippen LogP contribution in [0.3, 0.4) is 0 Å². The van der Waals surface area contributed by atoms with Gasteiger partial charge in [0, 0.05) is 40.3 Å². The maximum Gasteiger partial charge on any atom is 0.0459 e. The molecule has 0 aromatic heterocycles. The minimum Gasteiger partial charge on any atom is -0.0599 e. The number of halogens is 9. The van der Waals surface area contributed by atoms with E-state index in [4.69, 9.17) is 0 Å². The molecule has 0 aliphatic carbocycles. The maximum absolute atomic E-state index is 3.39. The van der Waals surface area contributed by atoms with Gasteiger partial charge in [-0.2, -0.15) is 0 Å². The molecule has 0 atom stereocenters. The Morgan fingerprint density at radius 3 is 1.15 bits per heavy atom. The Bertz CT molecular complexity index is 823. The van der Waals surface area contributed by atoms with E-state index in [2.05, 4.69) is 143 Å². The molecule has 0 bridgehead atoms. The first-order valence-corrected chi connectivity index (χ1v) is 14.1. The molecule has 3 rings (SSSR count). The lowest BCUT2D eigenvalue weighted by Gasteiger charge is -1.95. The summed E-state index contributed by atoms with van der Waals surface area (Å²) in [6, 6.07) is 17.9. The molecule has 9 heteroatoms. The molecule has 3 aromatic carbocycles. The number of hydrogen-bond donors (Lipinski definition) is 0. The van der Waals surface area contributed by atoms with Crippen LogP contribution in [0.15, 0.2) is 94.9 Å². The SMILES string of the molecule is Brc1cc(Br)cc(Br)c1.Brc1ccc(Br)c(Br)c1.Brc1cccc(Br)c1Br. The highest BCUT2D eigenvalue weighted by Gasteiger charge is 1.97. The predicted molar refractivity (Wildman–Crippen MR) is 149 cm³/mol. The second kappa shape index (κ2) is 14.1. The molecule has 0 unspecified atom stereocenters. The molecular weight excluding hydrogens is 935 g/mol. The van der Waals surface area contributed by atoms with Crippen LogP contribution in [0, 0.1) is 0 Å². The van der Waals surface area contributed by atoms with Crippen LogP contribution in [0.5, 0.6) is 0 Å². The van der Waals surface area contributed by atoms with Gasteiger partial charge in [0.25, 0.3) is 0 Å². The van der Waals surface area contributed by atoms with Crippen LogP contribution in [-0.2, 0) is 0 Å². The van der Waals surface area contributed by atoms with Gasteiger partial charge in [0.1, 0.15) is 0 Å². The maximum atomic E-state index is 3.39. The molecule has 0 N–H and O–H groups in total. The Morgan fingerprint density at radius 1 is 0.370 bits per heavy atom. The summed E-state index contributed by atoms with van der Waals surface area (Å²) >= 11 is 30.3. The lowest BCUT2D eigenvalue weighted by Crippen LogP contribution is -1.69. The fourth-order valence-corrected chi connectivity index (χ4v) is 6.43. The highest BCUT2D eigenvalue weighted by Crippen LogP contribution is 2.30. The van der Waals surface area contributed by atoms with Gasteiger partial charge in [-0.3, -0.25) is 0 Å². The monoisotopic (exact) mass is 935 g/mol. The molecule has 0 nitrogen and oxygen atoms in total. The molecule has 0 aliphatic heterocycles. The van der Waals surface area contributed by atoms with Crippen LogP contribution >= 0.6 is 143 Å². The van der Waals surface area contributed by atoms with E-state index in [1.165, 1.54) is 0 Å². The summed E-state index contributed by atoms with van der Waals surface area (Å²) in [6.07, 6.45) is 0. The zero-order chi connectivity index (χ0) is 20.6. The van der Waals surface area contributed by atoms with Crippen molar-refractivity contribution in [1.82, 2.24) is 0 Å².